The summed E-state index contributed by atoms with van der Waals surface area (Å²) in [6, 6.07) is 10.5. The van der Waals surface area contributed by atoms with Gasteiger partial charge in [-0.15, -0.1) is 0 Å². The van der Waals surface area contributed by atoms with E-state index in [1.165, 1.54) is 30.8 Å². The zero-order valence-electron chi connectivity index (χ0n) is 16.8. The van der Waals surface area contributed by atoms with Gasteiger partial charge in [0.1, 0.15) is 16.7 Å². The molecule has 0 saturated carbocycles. The predicted octanol–water partition coefficient (Wildman–Crippen LogP) is 4.85. The Morgan fingerprint density at radius 1 is 1.24 bits per heavy atom. The van der Waals surface area contributed by atoms with Crippen LogP contribution in [-0.2, 0) is 22.5 Å². The van der Waals surface area contributed by atoms with E-state index in [1.807, 2.05) is 18.2 Å². The molecule has 2 aromatic heterocycles. The van der Waals surface area contributed by atoms with Gasteiger partial charge in [0.15, 0.2) is 0 Å². The first-order chi connectivity index (χ1) is 13.9. The van der Waals surface area contributed by atoms with E-state index < -0.39 is 0 Å². The minimum absolute atomic E-state index is 0.192. The van der Waals surface area contributed by atoms with Gasteiger partial charge in [0, 0.05) is 37.2 Å². The average Bonchev–Trinajstić information content (AvgIpc) is 3.00. The van der Waals surface area contributed by atoms with E-state index in [-0.39, 0.29) is 24.3 Å². The molecule has 0 fully saturated rings. The Morgan fingerprint density at radius 2 is 2.00 bits per heavy atom. The second kappa shape index (κ2) is 9.69. The van der Waals surface area contributed by atoms with Crippen molar-refractivity contribution in [3.05, 3.63) is 71.7 Å². The number of hydrogen-bond acceptors (Lipinski definition) is 5. The van der Waals surface area contributed by atoms with Crippen LogP contribution in [-0.4, -0.2) is 27.1 Å². The number of halogens is 1. The van der Waals surface area contributed by atoms with E-state index in [0.29, 0.717) is 13.0 Å². The molecule has 0 spiro atoms. The number of pyridine rings is 1. The molecular formula is C22H24FN3O2S. The summed E-state index contributed by atoms with van der Waals surface area (Å²) >= 11 is 1.50. The number of nitrogens with zero attached hydrogens (tertiary/aromatic N) is 3. The number of ether oxygens (including phenoxy) is 1. The molecular weight excluding hydrogens is 389 g/mol. The summed E-state index contributed by atoms with van der Waals surface area (Å²) in [5.41, 5.74) is 2.04. The Hall–Kier alpha value is -2.67. The van der Waals surface area contributed by atoms with Gasteiger partial charge in [-0.25, -0.2) is 9.37 Å². The summed E-state index contributed by atoms with van der Waals surface area (Å²) in [5, 5.41) is 0.972. The molecule has 3 rings (SSSR count). The summed E-state index contributed by atoms with van der Waals surface area (Å²) in [6.07, 6.45) is 4.02. The molecule has 0 aliphatic rings. The Labute approximate surface area is 174 Å². The molecule has 0 aliphatic heterocycles. The number of aromatic nitrogens is 3. The van der Waals surface area contributed by atoms with Gasteiger partial charge < -0.3 is 9.30 Å². The number of carbonyl (C=O) groups is 1. The van der Waals surface area contributed by atoms with Crippen molar-refractivity contribution in [1.82, 2.24) is 14.5 Å². The number of benzene rings is 1. The molecule has 2 heterocycles. The Kier molecular flexibility index (Phi) is 7.04. The maximum Gasteiger partial charge on any atom is 0.302 e. The minimum atomic E-state index is -0.310. The van der Waals surface area contributed by atoms with Crippen LogP contribution < -0.4 is 0 Å². The van der Waals surface area contributed by atoms with Gasteiger partial charge in [0.2, 0.25) is 0 Å². The van der Waals surface area contributed by atoms with Crippen molar-refractivity contribution in [1.29, 1.82) is 0 Å². The minimum Gasteiger partial charge on any atom is -0.465 e. The highest BCUT2D eigenvalue weighted by atomic mass is 32.2. The van der Waals surface area contributed by atoms with Crippen LogP contribution >= 0.6 is 11.8 Å². The maximum atomic E-state index is 13.7. The smallest absolute Gasteiger partial charge is 0.302 e. The van der Waals surface area contributed by atoms with Crippen molar-refractivity contribution in [2.24, 2.45) is 0 Å². The lowest BCUT2D eigenvalue weighted by molar-refractivity contribution is -0.140. The van der Waals surface area contributed by atoms with E-state index >= 15 is 0 Å². The number of rotatable bonds is 8. The molecule has 0 bridgehead atoms. The van der Waals surface area contributed by atoms with Crippen LogP contribution in [0, 0.1) is 5.82 Å². The van der Waals surface area contributed by atoms with Crippen molar-refractivity contribution < 1.29 is 13.9 Å². The summed E-state index contributed by atoms with van der Waals surface area (Å²) in [4.78, 5) is 20.9. The van der Waals surface area contributed by atoms with E-state index in [1.54, 1.807) is 18.5 Å². The Bertz CT molecular complexity index is 973. The monoisotopic (exact) mass is 413 g/mol. The maximum absolute atomic E-state index is 13.7. The van der Waals surface area contributed by atoms with E-state index in [9.17, 15) is 9.18 Å². The normalized spacial score (nSPS) is 11.1. The van der Waals surface area contributed by atoms with Crippen LogP contribution in [0.1, 0.15) is 43.8 Å². The molecule has 0 unspecified atom stereocenters. The fourth-order valence-corrected chi connectivity index (χ4v) is 4.15. The zero-order valence-corrected chi connectivity index (χ0v) is 17.6. The van der Waals surface area contributed by atoms with Crippen LogP contribution in [0.15, 0.2) is 58.7 Å². The van der Waals surface area contributed by atoms with Crippen LogP contribution in [0.4, 0.5) is 4.39 Å². The fourth-order valence-electron chi connectivity index (χ4n) is 2.94. The van der Waals surface area contributed by atoms with Gasteiger partial charge in [0.25, 0.3) is 0 Å². The SMILES string of the molecule is CC(=O)OCCc1nc(C(C)C)c(Sc2cccc(F)c2)n1Cc1ccncc1. The number of esters is 1. The molecule has 0 N–H and O–H groups in total. The van der Waals surface area contributed by atoms with Crippen molar-refractivity contribution in [2.75, 3.05) is 6.61 Å². The lowest BCUT2D eigenvalue weighted by Crippen LogP contribution is -2.11. The van der Waals surface area contributed by atoms with Crippen LogP contribution in [0.25, 0.3) is 0 Å². The lowest BCUT2D eigenvalue weighted by atomic mass is 10.1. The third-order valence-electron chi connectivity index (χ3n) is 4.30. The quantitative estimate of drug-likeness (QED) is 0.494. The summed E-state index contributed by atoms with van der Waals surface area (Å²) in [7, 11) is 0. The highest BCUT2D eigenvalue weighted by Gasteiger charge is 2.21. The number of carbonyl (C=O) groups excluding carboxylic acids is 1. The van der Waals surface area contributed by atoms with Crippen molar-refractivity contribution in [3.63, 3.8) is 0 Å². The molecule has 152 valence electrons. The van der Waals surface area contributed by atoms with Crippen LogP contribution in [0.3, 0.4) is 0 Å². The number of hydrogen-bond donors (Lipinski definition) is 0. The van der Waals surface area contributed by atoms with Crippen molar-refractivity contribution in [2.45, 2.75) is 49.6 Å². The molecule has 0 saturated heterocycles. The lowest BCUT2D eigenvalue weighted by Gasteiger charge is -2.14. The van der Waals surface area contributed by atoms with Crippen molar-refractivity contribution >= 4 is 17.7 Å². The molecule has 29 heavy (non-hydrogen) atoms. The largest absolute Gasteiger partial charge is 0.465 e. The van der Waals surface area contributed by atoms with Crippen LogP contribution in [0.5, 0.6) is 0 Å². The molecule has 7 heteroatoms. The first-order valence-electron chi connectivity index (χ1n) is 9.49. The van der Waals surface area contributed by atoms with Gasteiger partial charge >= 0.3 is 5.97 Å². The standard InChI is InChI=1S/C22H24FN3O2S/c1-15(2)21-22(29-19-6-4-5-18(23)13-19)26(14-17-7-10-24-11-8-17)20(25-21)9-12-28-16(3)27/h4-8,10-11,13,15H,9,12,14H2,1-3H3. The average molecular weight is 414 g/mol. The van der Waals surface area contributed by atoms with Gasteiger partial charge in [-0.1, -0.05) is 31.7 Å². The fraction of sp³-hybridized carbons (Fsp3) is 0.318. The molecule has 0 amide bonds. The predicted molar refractivity (Wildman–Crippen MR) is 111 cm³/mol. The molecule has 3 aromatic rings. The first kappa shape index (κ1) is 21.0. The molecule has 5 nitrogen and oxygen atoms in total. The highest BCUT2D eigenvalue weighted by Crippen LogP contribution is 2.35. The third kappa shape index (κ3) is 5.67. The van der Waals surface area contributed by atoms with E-state index in [2.05, 4.69) is 23.4 Å². The van der Waals surface area contributed by atoms with Gasteiger partial charge in [-0.3, -0.25) is 9.78 Å². The molecule has 0 radical (unpaired) electrons. The van der Waals surface area contributed by atoms with Gasteiger partial charge in [-0.05, 0) is 41.8 Å². The van der Waals surface area contributed by atoms with Gasteiger partial charge in [-0.2, -0.15) is 0 Å². The van der Waals surface area contributed by atoms with Crippen LogP contribution in [0.2, 0.25) is 0 Å². The third-order valence-corrected chi connectivity index (χ3v) is 5.42. The van der Waals surface area contributed by atoms with E-state index in [4.69, 9.17) is 9.72 Å². The topological polar surface area (TPSA) is 57.0 Å². The van der Waals surface area contributed by atoms with Gasteiger partial charge in [0.05, 0.1) is 12.3 Å². The summed E-state index contributed by atoms with van der Waals surface area (Å²) in [6.45, 7) is 6.45. The second-order valence-corrected chi connectivity index (χ2v) is 8.03. The highest BCUT2D eigenvalue weighted by molar-refractivity contribution is 7.99. The summed E-state index contributed by atoms with van der Waals surface area (Å²) in [5.74, 6) is 0.454. The second-order valence-electron chi connectivity index (χ2n) is 6.96. The number of imidazole rings is 1. The first-order valence-corrected chi connectivity index (χ1v) is 10.3. The Balaban J connectivity index is 2.01. The zero-order chi connectivity index (χ0) is 20.8. The van der Waals surface area contributed by atoms with Crippen molar-refractivity contribution in [3.8, 4) is 0 Å². The summed E-state index contributed by atoms with van der Waals surface area (Å²) < 4.78 is 21.0. The molecule has 0 aliphatic carbocycles. The Morgan fingerprint density at radius 3 is 2.66 bits per heavy atom. The molecule has 0 atom stereocenters. The van der Waals surface area contributed by atoms with E-state index in [0.717, 1.165) is 27.0 Å². The molecule has 1 aromatic carbocycles.